The van der Waals surface area contributed by atoms with E-state index in [-0.39, 0.29) is 0 Å². The molecule has 0 amide bonds. The normalized spacial score (nSPS) is 11.9. The second-order valence-electron chi connectivity index (χ2n) is 3.66. The first-order chi connectivity index (χ1) is 7.65. The Morgan fingerprint density at radius 2 is 2.06 bits per heavy atom. The number of rotatable bonds is 5. The third kappa shape index (κ3) is 3.74. The van der Waals surface area contributed by atoms with Gasteiger partial charge in [-0.15, -0.1) is 0 Å². The molecule has 0 saturated heterocycles. The highest BCUT2D eigenvalue weighted by Gasteiger charge is 2.03. The lowest BCUT2D eigenvalue weighted by Gasteiger charge is -2.03. The van der Waals surface area contributed by atoms with Crippen molar-refractivity contribution in [3.63, 3.8) is 0 Å². The summed E-state index contributed by atoms with van der Waals surface area (Å²) in [5.74, 6) is -1.60. The summed E-state index contributed by atoms with van der Waals surface area (Å²) in [6.07, 6.45) is 2.91. The van der Waals surface area contributed by atoms with Gasteiger partial charge in [-0.1, -0.05) is 19.1 Å². The fraction of sp³-hybridized carbons (Fsp3) is 0.385. The van der Waals surface area contributed by atoms with Crippen LogP contribution in [-0.2, 0) is 0 Å². The van der Waals surface area contributed by atoms with Gasteiger partial charge in [0.1, 0.15) is 0 Å². The smallest absolute Gasteiger partial charge is 0.159 e. The van der Waals surface area contributed by atoms with E-state index in [9.17, 15) is 8.78 Å². The van der Waals surface area contributed by atoms with Gasteiger partial charge in [-0.2, -0.15) is 0 Å². The van der Waals surface area contributed by atoms with Gasteiger partial charge in [0.2, 0.25) is 0 Å². The number of nitrogens with one attached hydrogen (secondary N) is 1. The molecule has 0 unspecified atom stereocenters. The molecule has 0 aliphatic rings. The highest BCUT2D eigenvalue weighted by Crippen LogP contribution is 2.17. The van der Waals surface area contributed by atoms with Crippen molar-refractivity contribution in [1.29, 1.82) is 0 Å². The molecule has 1 nitrogen and oxygen atoms in total. The lowest BCUT2D eigenvalue weighted by Crippen LogP contribution is -2.13. The van der Waals surface area contributed by atoms with Crippen molar-refractivity contribution in [1.82, 2.24) is 5.32 Å². The van der Waals surface area contributed by atoms with Crippen LogP contribution >= 0.6 is 0 Å². The number of hydrogen-bond donors (Lipinski definition) is 1. The predicted molar refractivity (Wildman–Crippen MR) is 63.2 cm³/mol. The summed E-state index contributed by atoms with van der Waals surface area (Å²) < 4.78 is 25.7. The molecule has 1 rings (SSSR count). The maximum atomic E-state index is 13.0. The molecule has 3 heteroatoms. The second kappa shape index (κ2) is 6.38. The molecule has 0 bridgehead atoms. The zero-order chi connectivity index (χ0) is 12.0. The number of allylic oxidation sites excluding steroid dienone is 1. The number of halogens is 2. The van der Waals surface area contributed by atoms with E-state index in [1.165, 1.54) is 6.07 Å². The van der Waals surface area contributed by atoms with E-state index in [0.717, 1.165) is 36.7 Å². The van der Waals surface area contributed by atoms with Crippen LogP contribution in [0, 0.1) is 11.6 Å². The van der Waals surface area contributed by atoms with Crippen LogP contribution in [0.4, 0.5) is 8.78 Å². The molecule has 0 spiro atoms. The van der Waals surface area contributed by atoms with Crippen LogP contribution in [0.15, 0.2) is 24.3 Å². The van der Waals surface area contributed by atoms with E-state index in [4.69, 9.17) is 0 Å². The zero-order valence-corrected chi connectivity index (χ0v) is 9.69. The summed E-state index contributed by atoms with van der Waals surface area (Å²) >= 11 is 0. The number of hydrogen-bond acceptors (Lipinski definition) is 1. The maximum absolute atomic E-state index is 13.0. The highest BCUT2D eigenvalue weighted by molar-refractivity contribution is 5.63. The van der Waals surface area contributed by atoms with Crippen molar-refractivity contribution in [3.8, 4) is 0 Å². The van der Waals surface area contributed by atoms with E-state index in [1.54, 1.807) is 6.07 Å². The van der Waals surface area contributed by atoms with Crippen LogP contribution in [0.5, 0.6) is 0 Å². The van der Waals surface area contributed by atoms with Gasteiger partial charge in [0, 0.05) is 0 Å². The zero-order valence-electron chi connectivity index (χ0n) is 9.69. The minimum atomic E-state index is -0.802. The average molecular weight is 225 g/mol. The standard InChI is InChI=1S/C13H17F2N/c1-3-16-8-4-5-10(2)11-6-7-12(14)13(15)9-11/h5-7,9,16H,3-4,8H2,1-2H3. The Bertz CT molecular complexity index is 372. The first-order valence-electron chi connectivity index (χ1n) is 5.48. The summed E-state index contributed by atoms with van der Waals surface area (Å²) in [4.78, 5) is 0. The van der Waals surface area contributed by atoms with E-state index < -0.39 is 11.6 Å². The Morgan fingerprint density at radius 3 is 2.69 bits per heavy atom. The van der Waals surface area contributed by atoms with Gasteiger partial charge in [0.15, 0.2) is 11.6 Å². The third-order valence-electron chi connectivity index (χ3n) is 2.40. The molecule has 1 aromatic rings. The van der Waals surface area contributed by atoms with Gasteiger partial charge < -0.3 is 5.32 Å². The summed E-state index contributed by atoms with van der Waals surface area (Å²) in [5.41, 5.74) is 1.70. The Kier molecular flexibility index (Phi) is 5.12. The van der Waals surface area contributed by atoms with Crippen molar-refractivity contribution in [2.75, 3.05) is 13.1 Å². The lowest BCUT2D eigenvalue weighted by atomic mass is 10.1. The molecule has 0 heterocycles. The predicted octanol–water partition coefficient (Wildman–Crippen LogP) is 3.37. The maximum Gasteiger partial charge on any atom is 0.159 e. The van der Waals surface area contributed by atoms with Gasteiger partial charge >= 0.3 is 0 Å². The quantitative estimate of drug-likeness (QED) is 0.758. The summed E-state index contributed by atoms with van der Waals surface area (Å²) in [7, 11) is 0. The summed E-state index contributed by atoms with van der Waals surface area (Å²) in [5, 5.41) is 3.20. The number of benzene rings is 1. The van der Waals surface area contributed by atoms with E-state index in [2.05, 4.69) is 5.32 Å². The van der Waals surface area contributed by atoms with Crippen molar-refractivity contribution < 1.29 is 8.78 Å². The molecule has 1 N–H and O–H groups in total. The molecule has 0 atom stereocenters. The second-order valence-corrected chi connectivity index (χ2v) is 3.66. The highest BCUT2D eigenvalue weighted by atomic mass is 19.2. The van der Waals surface area contributed by atoms with Gasteiger partial charge in [-0.3, -0.25) is 0 Å². The van der Waals surface area contributed by atoms with E-state index in [1.807, 2.05) is 19.9 Å². The molecule has 0 fully saturated rings. The molecule has 16 heavy (non-hydrogen) atoms. The van der Waals surface area contributed by atoms with Crippen molar-refractivity contribution in [2.24, 2.45) is 0 Å². The minimum Gasteiger partial charge on any atom is -0.317 e. The molecule has 0 radical (unpaired) electrons. The van der Waals surface area contributed by atoms with Gasteiger partial charge in [-0.25, -0.2) is 8.78 Å². The van der Waals surface area contributed by atoms with E-state index >= 15 is 0 Å². The average Bonchev–Trinajstić information content (AvgIpc) is 2.28. The first-order valence-corrected chi connectivity index (χ1v) is 5.48. The fourth-order valence-electron chi connectivity index (χ4n) is 1.43. The molecular weight excluding hydrogens is 208 g/mol. The topological polar surface area (TPSA) is 12.0 Å². The fourth-order valence-corrected chi connectivity index (χ4v) is 1.43. The monoisotopic (exact) mass is 225 g/mol. The summed E-state index contributed by atoms with van der Waals surface area (Å²) in [6, 6.07) is 3.98. The van der Waals surface area contributed by atoms with Crippen LogP contribution < -0.4 is 5.32 Å². The third-order valence-corrected chi connectivity index (χ3v) is 2.40. The molecule has 0 aliphatic carbocycles. The largest absolute Gasteiger partial charge is 0.317 e. The van der Waals surface area contributed by atoms with Crippen LogP contribution in [0.1, 0.15) is 25.8 Å². The Hall–Kier alpha value is -1.22. The van der Waals surface area contributed by atoms with Crippen molar-refractivity contribution in [3.05, 3.63) is 41.5 Å². The van der Waals surface area contributed by atoms with Crippen molar-refractivity contribution >= 4 is 5.57 Å². The van der Waals surface area contributed by atoms with Crippen LogP contribution in [0.2, 0.25) is 0 Å². The Morgan fingerprint density at radius 1 is 1.31 bits per heavy atom. The SMILES string of the molecule is CCNCCC=C(C)c1ccc(F)c(F)c1. The van der Waals surface area contributed by atoms with Crippen LogP contribution in [0.3, 0.4) is 0 Å². The Balaban J connectivity index is 2.64. The Labute approximate surface area is 95.2 Å². The molecule has 0 aliphatic heterocycles. The van der Waals surface area contributed by atoms with Crippen LogP contribution in [-0.4, -0.2) is 13.1 Å². The molecule has 88 valence electrons. The van der Waals surface area contributed by atoms with E-state index in [0.29, 0.717) is 0 Å². The molecule has 0 aromatic heterocycles. The van der Waals surface area contributed by atoms with Crippen molar-refractivity contribution in [2.45, 2.75) is 20.3 Å². The molecular formula is C13H17F2N. The molecule has 0 saturated carbocycles. The first kappa shape index (κ1) is 12.8. The summed E-state index contributed by atoms with van der Waals surface area (Å²) in [6.45, 7) is 5.79. The lowest BCUT2D eigenvalue weighted by molar-refractivity contribution is 0.508. The van der Waals surface area contributed by atoms with Gasteiger partial charge in [0.05, 0.1) is 0 Å². The van der Waals surface area contributed by atoms with Crippen LogP contribution in [0.25, 0.3) is 5.57 Å². The van der Waals surface area contributed by atoms with Gasteiger partial charge in [-0.05, 0) is 49.7 Å². The van der Waals surface area contributed by atoms with Gasteiger partial charge in [0.25, 0.3) is 0 Å². The molecule has 1 aromatic carbocycles. The minimum absolute atomic E-state index is 0.732.